The minimum atomic E-state index is -0.737. The zero-order chi connectivity index (χ0) is 16.8. The number of para-hydroxylation sites is 1. The third kappa shape index (κ3) is 6.02. The number of aliphatic hydroxyl groups is 1. The number of ether oxygens (including phenoxy) is 1. The van der Waals surface area contributed by atoms with Gasteiger partial charge in [-0.15, -0.1) is 0 Å². The number of nitrogens with one attached hydrogen (secondary N) is 1. The number of amides is 1. The van der Waals surface area contributed by atoms with Crippen LogP contribution in [0.1, 0.15) is 40.5 Å². The number of hydrogen-bond acceptors (Lipinski definition) is 3. The monoisotopic (exact) mass is 311 g/mol. The maximum absolute atomic E-state index is 13.6. The fourth-order valence-corrected chi connectivity index (χ4v) is 2.33. The number of hydrogen-bond donors (Lipinski definition) is 2. The molecule has 124 valence electrons. The molecule has 1 rings (SSSR count). The Labute approximate surface area is 131 Å². The smallest absolute Gasteiger partial charge is 0.261 e. The summed E-state index contributed by atoms with van der Waals surface area (Å²) in [6.45, 7) is 7.90. The first kappa shape index (κ1) is 18.4. The molecule has 0 saturated heterocycles. The topological polar surface area (TPSA) is 58.6 Å². The van der Waals surface area contributed by atoms with Crippen molar-refractivity contribution in [2.24, 2.45) is 5.41 Å². The van der Waals surface area contributed by atoms with E-state index in [1.807, 2.05) is 20.8 Å². The molecule has 1 amide bonds. The van der Waals surface area contributed by atoms with Gasteiger partial charge in [-0.2, -0.15) is 0 Å². The highest BCUT2D eigenvalue weighted by Crippen LogP contribution is 2.22. The number of halogens is 1. The standard InChI is InChI=1S/C17H26FNO3/c1-5-14(22-15-9-7-6-8-13(15)18)16(21)19-11-17(3,4)10-12(2)20/h6-9,12,14,20H,5,10-11H2,1-4H3,(H,19,21). The molecule has 4 nitrogen and oxygen atoms in total. The van der Waals surface area contributed by atoms with E-state index in [2.05, 4.69) is 5.32 Å². The van der Waals surface area contributed by atoms with E-state index < -0.39 is 18.0 Å². The van der Waals surface area contributed by atoms with Gasteiger partial charge in [0.25, 0.3) is 5.91 Å². The minimum absolute atomic E-state index is 0.0766. The predicted octanol–water partition coefficient (Wildman–Crippen LogP) is 2.90. The third-order valence-corrected chi connectivity index (χ3v) is 3.36. The number of carbonyl (C=O) groups excluding carboxylic acids is 1. The molecule has 2 N–H and O–H groups in total. The summed E-state index contributed by atoms with van der Waals surface area (Å²) in [7, 11) is 0. The van der Waals surface area contributed by atoms with Crippen LogP contribution >= 0.6 is 0 Å². The summed E-state index contributed by atoms with van der Waals surface area (Å²) in [5, 5.41) is 12.3. The summed E-state index contributed by atoms with van der Waals surface area (Å²) < 4.78 is 19.0. The van der Waals surface area contributed by atoms with E-state index in [-0.39, 0.29) is 17.1 Å². The van der Waals surface area contributed by atoms with E-state index in [4.69, 9.17) is 4.74 Å². The second-order valence-electron chi connectivity index (χ2n) is 6.38. The Morgan fingerprint density at radius 1 is 1.41 bits per heavy atom. The molecule has 22 heavy (non-hydrogen) atoms. The summed E-state index contributed by atoms with van der Waals surface area (Å²) in [5.74, 6) is -0.680. The highest BCUT2D eigenvalue weighted by atomic mass is 19.1. The van der Waals surface area contributed by atoms with E-state index in [9.17, 15) is 14.3 Å². The van der Waals surface area contributed by atoms with Crippen LogP contribution < -0.4 is 10.1 Å². The number of aliphatic hydroxyl groups excluding tert-OH is 1. The van der Waals surface area contributed by atoms with Crippen LogP contribution in [0.5, 0.6) is 5.75 Å². The molecule has 0 bridgehead atoms. The quantitative estimate of drug-likeness (QED) is 0.776. The largest absolute Gasteiger partial charge is 0.478 e. The van der Waals surface area contributed by atoms with Crippen LogP contribution in [-0.2, 0) is 4.79 Å². The second kappa shape index (κ2) is 8.13. The Morgan fingerprint density at radius 3 is 2.59 bits per heavy atom. The number of rotatable bonds is 8. The van der Waals surface area contributed by atoms with Crippen LogP contribution in [0.25, 0.3) is 0 Å². The maximum atomic E-state index is 13.6. The van der Waals surface area contributed by atoms with Crippen molar-refractivity contribution in [2.45, 2.75) is 52.7 Å². The van der Waals surface area contributed by atoms with Gasteiger partial charge in [-0.05, 0) is 37.3 Å². The summed E-state index contributed by atoms with van der Waals surface area (Å²) in [6.07, 6.45) is -0.141. The third-order valence-electron chi connectivity index (χ3n) is 3.36. The molecule has 0 aliphatic carbocycles. The van der Waals surface area contributed by atoms with Crippen molar-refractivity contribution < 1.29 is 19.0 Å². The van der Waals surface area contributed by atoms with Crippen LogP contribution in [0.4, 0.5) is 4.39 Å². The van der Waals surface area contributed by atoms with Crippen molar-refractivity contribution in [3.05, 3.63) is 30.1 Å². The molecule has 0 radical (unpaired) electrons. The molecular formula is C17H26FNO3. The average molecular weight is 311 g/mol. The molecule has 1 aromatic rings. The van der Waals surface area contributed by atoms with Crippen LogP contribution in [-0.4, -0.2) is 29.8 Å². The van der Waals surface area contributed by atoms with E-state index >= 15 is 0 Å². The fraction of sp³-hybridized carbons (Fsp3) is 0.588. The SMILES string of the molecule is CCC(Oc1ccccc1F)C(=O)NCC(C)(C)CC(C)O. The van der Waals surface area contributed by atoms with E-state index in [0.29, 0.717) is 19.4 Å². The zero-order valence-corrected chi connectivity index (χ0v) is 13.7. The Hall–Kier alpha value is -1.62. The molecule has 0 spiro atoms. The molecule has 0 heterocycles. The lowest BCUT2D eigenvalue weighted by Gasteiger charge is -2.27. The first-order valence-electron chi connectivity index (χ1n) is 7.62. The first-order chi connectivity index (χ1) is 10.2. The van der Waals surface area contributed by atoms with Gasteiger partial charge in [0.2, 0.25) is 0 Å². The van der Waals surface area contributed by atoms with Gasteiger partial charge < -0.3 is 15.2 Å². The Balaban J connectivity index is 2.60. The van der Waals surface area contributed by atoms with Gasteiger partial charge in [0.05, 0.1) is 6.10 Å². The molecule has 0 aliphatic rings. The normalized spacial score (nSPS) is 14.3. The molecular weight excluding hydrogens is 285 g/mol. The summed E-state index contributed by atoms with van der Waals surface area (Å²) in [6, 6.07) is 6.03. The molecule has 1 aromatic carbocycles. The Bertz CT molecular complexity index is 489. The van der Waals surface area contributed by atoms with Crippen molar-refractivity contribution in [1.29, 1.82) is 0 Å². The summed E-state index contributed by atoms with van der Waals surface area (Å²) in [5.41, 5.74) is -0.222. The van der Waals surface area contributed by atoms with Crippen molar-refractivity contribution in [3.63, 3.8) is 0 Å². The van der Waals surface area contributed by atoms with Gasteiger partial charge in [0, 0.05) is 6.54 Å². The van der Waals surface area contributed by atoms with Gasteiger partial charge in [-0.1, -0.05) is 32.9 Å². The predicted molar refractivity (Wildman–Crippen MR) is 84.2 cm³/mol. The summed E-state index contributed by atoms with van der Waals surface area (Å²) in [4.78, 5) is 12.2. The highest BCUT2D eigenvalue weighted by molar-refractivity contribution is 5.81. The molecule has 5 heteroatoms. The molecule has 0 aromatic heterocycles. The van der Waals surface area contributed by atoms with Gasteiger partial charge in [-0.25, -0.2) is 4.39 Å². The van der Waals surface area contributed by atoms with Crippen molar-refractivity contribution in [3.8, 4) is 5.75 Å². The van der Waals surface area contributed by atoms with Crippen LogP contribution in [0.15, 0.2) is 24.3 Å². The lowest BCUT2D eigenvalue weighted by Crippen LogP contribution is -2.43. The highest BCUT2D eigenvalue weighted by Gasteiger charge is 2.24. The lowest BCUT2D eigenvalue weighted by molar-refractivity contribution is -0.128. The average Bonchev–Trinajstić information content (AvgIpc) is 2.42. The van der Waals surface area contributed by atoms with Gasteiger partial charge in [-0.3, -0.25) is 4.79 Å². The second-order valence-corrected chi connectivity index (χ2v) is 6.38. The van der Waals surface area contributed by atoms with Crippen molar-refractivity contribution >= 4 is 5.91 Å². The molecule has 0 saturated carbocycles. The number of benzene rings is 1. The van der Waals surface area contributed by atoms with E-state index in [1.165, 1.54) is 12.1 Å². The fourth-order valence-electron chi connectivity index (χ4n) is 2.33. The Morgan fingerprint density at radius 2 is 2.05 bits per heavy atom. The lowest BCUT2D eigenvalue weighted by atomic mass is 9.87. The molecule has 2 atom stereocenters. The van der Waals surface area contributed by atoms with Crippen LogP contribution in [0, 0.1) is 11.2 Å². The number of carbonyl (C=O) groups is 1. The van der Waals surface area contributed by atoms with E-state index in [1.54, 1.807) is 19.1 Å². The maximum Gasteiger partial charge on any atom is 0.261 e. The van der Waals surface area contributed by atoms with Crippen LogP contribution in [0.3, 0.4) is 0 Å². The van der Waals surface area contributed by atoms with Crippen molar-refractivity contribution in [1.82, 2.24) is 5.32 Å². The molecule has 0 aliphatic heterocycles. The van der Waals surface area contributed by atoms with Gasteiger partial charge in [0.1, 0.15) is 0 Å². The first-order valence-corrected chi connectivity index (χ1v) is 7.62. The van der Waals surface area contributed by atoms with E-state index in [0.717, 1.165) is 0 Å². The van der Waals surface area contributed by atoms with Gasteiger partial charge >= 0.3 is 0 Å². The van der Waals surface area contributed by atoms with Crippen LogP contribution in [0.2, 0.25) is 0 Å². The van der Waals surface area contributed by atoms with Crippen molar-refractivity contribution in [2.75, 3.05) is 6.54 Å². The molecule has 0 fully saturated rings. The Kier molecular flexibility index (Phi) is 6.81. The zero-order valence-electron chi connectivity index (χ0n) is 13.7. The molecule has 2 unspecified atom stereocenters. The van der Waals surface area contributed by atoms with Gasteiger partial charge in [0.15, 0.2) is 17.7 Å². The summed E-state index contributed by atoms with van der Waals surface area (Å²) >= 11 is 0. The minimum Gasteiger partial charge on any atom is -0.478 e.